The predicted molar refractivity (Wildman–Crippen MR) is 137 cm³/mol. The lowest BCUT2D eigenvalue weighted by molar-refractivity contribution is -0.138. The van der Waals surface area contributed by atoms with E-state index in [1.165, 1.54) is 17.2 Å². The maximum Gasteiger partial charge on any atom is 0.261 e. The van der Waals surface area contributed by atoms with Crippen LogP contribution < -0.4 is 5.32 Å². The van der Waals surface area contributed by atoms with Crippen molar-refractivity contribution in [2.24, 2.45) is 0 Å². The minimum Gasteiger partial charge on any atom is -0.340 e. The van der Waals surface area contributed by atoms with Gasteiger partial charge in [0.25, 0.3) is 15.9 Å². The van der Waals surface area contributed by atoms with E-state index in [1.54, 1.807) is 55.1 Å². The van der Waals surface area contributed by atoms with Crippen LogP contribution in [0.15, 0.2) is 72.4 Å². The second kappa shape index (κ2) is 10.5. The van der Waals surface area contributed by atoms with Crippen molar-refractivity contribution in [2.75, 3.05) is 13.1 Å². The highest BCUT2D eigenvalue weighted by molar-refractivity contribution is 7.89. The number of fused-ring (bicyclic) bond motifs is 1. The topological polar surface area (TPSA) is 135 Å². The zero-order valence-electron chi connectivity index (χ0n) is 20.8. The molecule has 2 aliphatic heterocycles. The molecule has 38 heavy (non-hydrogen) atoms. The van der Waals surface area contributed by atoms with Gasteiger partial charge in [0.1, 0.15) is 12.1 Å². The van der Waals surface area contributed by atoms with Crippen LogP contribution in [0.4, 0.5) is 0 Å². The Kier molecular flexibility index (Phi) is 7.09. The molecule has 4 heterocycles. The summed E-state index contributed by atoms with van der Waals surface area (Å²) in [5.41, 5.74) is 1.24. The van der Waals surface area contributed by atoms with E-state index in [4.69, 9.17) is 0 Å². The first kappa shape index (κ1) is 25.7. The lowest BCUT2D eigenvalue weighted by Gasteiger charge is -2.28. The third-order valence-corrected chi connectivity index (χ3v) is 8.77. The third kappa shape index (κ3) is 4.72. The number of hydrogen-bond donors (Lipinski definition) is 1. The molecule has 2 aliphatic rings. The molecule has 5 rings (SSSR count). The van der Waals surface area contributed by atoms with E-state index in [2.05, 4.69) is 15.3 Å². The van der Waals surface area contributed by atoms with Gasteiger partial charge < -0.3 is 14.8 Å². The molecule has 3 atom stereocenters. The van der Waals surface area contributed by atoms with Gasteiger partial charge in [0.2, 0.25) is 5.91 Å². The van der Waals surface area contributed by atoms with E-state index in [-0.39, 0.29) is 29.8 Å². The molecule has 0 bridgehead atoms. The van der Waals surface area contributed by atoms with Crippen LogP contribution in [0.2, 0.25) is 0 Å². The lowest BCUT2D eigenvalue weighted by Crippen LogP contribution is -2.52. The lowest BCUT2D eigenvalue weighted by atomic mass is 10.1. The van der Waals surface area contributed by atoms with Crippen LogP contribution in [0.1, 0.15) is 36.5 Å². The van der Waals surface area contributed by atoms with Crippen LogP contribution in [0, 0.1) is 0 Å². The number of nitrogens with one attached hydrogen (secondary N) is 1. The predicted octanol–water partition coefficient (Wildman–Crippen LogP) is 1.41. The smallest absolute Gasteiger partial charge is 0.261 e. The molecule has 2 saturated heterocycles. The Morgan fingerprint density at radius 1 is 1.13 bits per heavy atom. The summed E-state index contributed by atoms with van der Waals surface area (Å²) in [5, 5.41) is 2.69. The Bertz CT molecular complexity index is 1430. The number of rotatable bonds is 8. The Labute approximate surface area is 220 Å². The van der Waals surface area contributed by atoms with Gasteiger partial charge in [-0.1, -0.05) is 19.4 Å². The summed E-state index contributed by atoms with van der Waals surface area (Å²) in [4.78, 5) is 49.0. The van der Waals surface area contributed by atoms with Crippen LogP contribution in [0.25, 0.3) is 5.69 Å². The molecule has 3 unspecified atom stereocenters. The summed E-state index contributed by atoms with van der Waals surface area (Å²) in [6, 6.07) is 9.10. The normalized spacial score (nSPS) is 20.3. The van der Waals surface area contributed by atoms with Crippen LogP contribution in [-0.2, 0) is 19.6 Å². The van der Waals surface area contributed by atoms with Gasteiger partial charge in [-0.05, 0) is 49.2 Å². The second-order valence-electron chi connectivity index (χ2n) is 9.35. The highest BCUT2D eigenvalue weighted by atomic mass is 32.2. The first-order valence-electron chi connectivity index (χ1n) is 12.5. The fraction of sp³-hybridized carbons (Fsp3) is 0.346. The zero-order valence-corrected chi connectivity index (χ0v) is 21.6. The van der Waals surface area contributed by atoms with Crippen molar-refractivity contribution >= 4 is 27.6 Å². The van der Waals surface area contributed by atoms with Gasteiger partial charge in [0.15, 0.2) is 10.8 Å². The molecule has 11 nitrogen and oxygen atoms in total. The Morgan fingerprint density at radius 2 is 1.92 bits per heavy atom. The maximum atomic E-state index is 13.6. The van der Waals surface area contributed by atoms with Crippen molar-refractivity contribution in [3.05, 3.63) is 72.9 Å². The van der Waals surface area contributed by atoms with Gasteiger partial charge in [-0.3, -0.25) is 14.4 Å². The zero-order chi connectivity index (χ0) is 26.9. The number of sulfonamides is 1. The number of amides is 2. The number of carbonyl (C=O) groups excluding carboxylic acids is 3. The third-order valence-electron chi connectivity index (χ3n) is 6.98. The number of nitrogens with zero attached hydrogens (tertiary/aromatic N) is 5. The molecule has 2 aromatic heterocycles. The molecular formula is C26H28N6O5S. The standard InChI is InChI=1S/C26H28N6O5S/c1-2-5-20(29-25(34)18-7-9-19(10-8-18)30-15-13-27-17-30)26(35)31-14-11-21-24(31)22(33)16-32(21)38(36,37)23-6-3-4-12-28-23/h3-4,6-10,12-13,15,17,20-21,24H,2,5,11,14,16H2,1H3,(H,29,34). The van der Waals surface area contributed by atoms with Crippen molar-refractivity contribution in [1.29, 1.82) is 0 Å². The fourth-order valence-corrected chi connectivity index (χ4v) is 6.70. The van der Waals surface area contributed by atoms with Crippen molar-refractivity contribution in [2.45, 2.75) is 49.3 Å². The summed E-state index contributed by atoms with van der Waals surface area (Å²) >= 11 is 0. The van der Waals surface area contributed by atoms with Crippen LogP contribution in [0.5, 0.6) is 0 Å². The van der Waals surface area contributed by atoms with E-state index in [0.29, 0.717) is 24.8 Å². The molecule has 12 heteroatoms. The van der Waals surface area contributed by atoms with Crippen molar-refractivity contribution in [1.82, 2.24) is 29.1 Å². The minimum atomic E-state index is -3.99. The number of pyridine rings is 1. The van der Waals surface area contributed by atoms with E-state index >= 15 is 0 Å². The first-order chi connectivity index (χ1) is 18.3. The fourth-order valence-electron chi connectivity index (χ4n) is 5.15. The van der Waals surface area contributed by atoms with E-state index < -0.39 is 34.1 Å². The average molecular weight is 537 g/mol. The molecule has 198 valence electrons. The Morgan fingerprint density at radius 3 is 2.58 bits per heavy atom. The molecule has 0 saturated carbocycles. The number of Topliss-reactive ketones (excluding diaryl/α,β-unsaturated/α-hetero) is 1. The summed E-state index contributed by atoms with van der Waals surface area (Å²) in [7, 11) is -3.99. The molecule has 2 fully saturated rings. The van der Waals surface area contributed by atoms with Crippen LogP contribution >= 0.6 is 0 Å². The van der Waals surface area contributed by atoms with E-state index in [1.807, 2.05) is 11.5 Å². The minimum absolute atomic E-state index is 0.131. The van der Waals surface area contributed by atoms with Gasteiger partial charge in [-0.2, -0.15) is 4.31 Å². The van der Waals surface area contributed by atoms with Crippen LogP contribution in [0.3, 0.4) is 0 Å². The Hall–Kier alpha value is -3.90. The van der Waals surface area contributed by atoms with Gasteiger partial charge in [0, 0.05) is 36.4 Å². The van der Waals surface area contributed by atoms with Crippen molar-refractivity contribution < 1.29 is 22.8 Å². The number of imidazole rings is 1. The molecule has 0 radical (unpaired) electrons. The first-order valence-corrected chi connectivity index (χ1v) is 13.9. The summed E-state index contributed by atoms with van der Waals surface area (Å²) < 4.78 is 29.3. The quantitative estimate of drug-likeness (QED) is 0.460. The monoisotopic (exact) mass is 536 g/mol. The molecule has 2 amide bonds. The highest BCUT2D eigenvalue weighted by Crippen LogP contribution is 2.34. The SMILES string of the molecule is CCCC(NC(=O)c1ccc(-n2ccnc2)cc1)C(=O)N1CCC2C1C(=O)CN2S(=O)(=O)c1ccccn1. The number of carbonyl (C=O) groups is 3. The molecule has 0 spiro atoms. The van der Waals surface area contributed by atoms with Gasteiger partial charge in [0.05, 0.1) is 18.9 Å². The van der Waals surface area contributed by atoms with Gasteiger partial charge in [-0.25, -0.2) is 18.4 Å². The van der Waals surface area contributed by atoms with Crippen molar-refractivity contribution in [3.63, 3.8) is 0 Å². The number of hydrogen-bond acceptors (Lipinski definition) is 7. The number of aromatic nitrogens is 3. The summed E-state index contributed by atoms with van der Waals surface area (Å²) in [5.74, 6) is -1.12. The van der Waals surface area contributed by atoms with E-state index in [9.17, 15) is 22.8 Å². The molecule has 0 aliphatic carbocycles. The molecule has 1 N–H and O–H groups in total. The Balaban J connectivity index is 1.31. The molecule has 1 aromatic carbocycles. The van der Waals surface area contributed by atoms with Gasteiger partial charge >= 0.3 is 0 Å². The molecular weight excluding hydrogens is 508 g/mol. The number of benzene rings is 1. The summed E-state index contributed by atoms with van der Waals surface area (Å²) in [6.07, 6.45) is 7.84. The molecule has 3 aromatic rings. The van der Waals surface area contributed by atoms with E-state index in [0.717, 1.165) is 9.99 Å². The van der Waals surface area contributed by atoms with Crippen LogP contribution in [-0.4, -0.2) is 81.0 Å². The average Bonchev–Trinajstić information content (AvgIpc) is 3.68. The maximum absolute atomic E-state index is 13.6. The van der Waals surface area contributed by atoms with Gasteiger partial charge in [-0.15, -0.1) is 0 Å². The second-order valence-corrected chi connectivity index (χ2v) is 11.2. The number of ketones is 1. The highest BCUT2D eigenvalue weighted by Gasteiger charge is 2.54. The van der Waals surface area contributed by atoms with Crippen molar-refractivity contribution in [3.8, 4) is 5.69 Å². The number of likely N-dealkylation sites (tertiary alicyclic amines) is 1. The summed E-state index contributed by atoms with van der Waals surface area (Å²) in [6.45, 7) is 1.82. The largest absolute Gasteiger partial charge is 0.340 e.